The van der Waals surface area contributed by atoms with Crippen LogP contribution in [0.5, 0.6) is 5.75 Å². The first kappa shape index (κ1) is 29.3. The number of benzene rings is 1. The summed E-state index contributed by atoms with van der Waals surface area (Å²) in [5.74, 6) is -3.47. The van der Waals surface area contributed by atoms with Gasteiger partial charge in [0.15, 0.2) is 0 Å². The van der Waals surface area contributed by atoms with Crippen molar-refractivity contribution in [3.8, 4) is 17.0 Å². The Bertz CT molecular complexity index is 1790. The Labute approximate surface area is 247 Å². The Morgan fingerprint density at radius 3 is 2.70 bits per heavy atom. The van der Waals surface area contributed by atoms with E-state index in [1.54, 1.807) is 11.8 Å². The average Bonchev–Trinajstić information content (AvgIpc) is 3.57. The van der Waals surface area contributed by atoms with E-state index in [9.17, 15) is 22.8 Å². The van der Waals surface area contributed by atoms with Gasteiger partial charge in [-0.05, 0) is 50.5 Å². The maximum absolute atomic E-state index is 15.6. The summed E-state index contributed by atoms with van der Waals surface area (Å²) in [7, 11) is 0. The normalized spacial score (nSPS) is 18.5. The monoisotopic (exact) mass is 615 g/mol. The molecule has 5 heterocycles. The Hall–Kier alpha value is -4.82. The number of nitrogens with two attached hydrogens (primary N) is 1. The van der Waals surface area contributed by atoms with Crippen molar-refractivity contribution in [1.82, 2.24) is 24.3 Å². The fraction of sp³-hybridized carbons (Fsp3) is 0.345. The van der Waals surface area contributed by atoms with Gasteiger partial charge in [0.25, 0.3) is 5.91 Å². The molecule has 2 aliphatic rings. The molecule has 44 heavy (non-hydrogen) atoms. The molecule has 230 valence electrons. The molecular formula is C29H26F5N7O3. The van der Waals surface area contributed by atoms with Crippen LogP contribution in [0, 0.1) is 11.8 Å². The van der Waals surface area contributed by atoms with Crippen LogP contribution in [0.1, 0.15) is 60.3 Å². The highest BCUT2D eigenvalue weighted by Crippen LogP contribution is 2.41. The number of imidazole rings is 1. The quantitative estimate of drug-likeness (QED) is 0.286. The third-order valence-electron chi connectivity index (χ3n) is 7.95. The van der Waals surface area contributed by atoms with Gasteiger partial charge in [0.05, 0.1) is 23.9 Å². The van der Waals surface area contributed by atoms with Gasteiger partial charge in [-0.15, -0.1) is 0 Å². The zero-order chi connectivity index (χ0) is 31.3. The van der Waals surface area contributed by atoms with Crippen LogP contribution in [0.15, 0.2) is 36.7 Å². The van der Waals surface area contributed by atoms with E-state index in [4.69, 9.17) is 15.5 Å². The van der Waals surface area contributed by atoms with Crippen LogP contribution in [0.3, 0.4) is 0 Å². The number of halogens is 5. The molecule has 2 atom stereocenters. The highest BCUT2D eigenvalue weighted by atomic mass is 19.4. The van der Waals surface area contributed by atoms with Gasteiger partial charge < -0.3 is 20.7 Å². The minimum atomic E-state index is -4.68. The van der Waals surface area contributed by atoms with Crippen molar-refractivity contribution in [3.63, 3.8) is 0 Å². The molecule has 1 aromatic carbocycles. The summed E-state index contributed by atoms with van der Waals surface area (Å²) in [5, 5.41) is 2.18. The van der Waals surface area contributed by atoms with Crippen LogP contribution in [0.4, 0.5) is 33.6 Å². The molecule has 2 fully saturated rings. The van der Waals surface area contributed by atoms with Crippen molar-refractivity contribution in [1.29, 1.82) is 0 Å². The van der Waals surface area contributed by atoms with E-state index in [2.05, 4.69) is 15.3 Å². The predicted molar refractivity (Wildman–Crippen MR) is 148 cm³/mol. The van der Waals surface area contributed by atoms with E-state index in [1.807, 2.05) is 0 Å². The fourth-order valence-electron chi connectivity index (χ4n) is 5.92. The number of pyridine rings is 1. The van der Waals surface area contributed by atoms with E-state index in [-0.39, 0.29) is 58.6 Å². The van der Waals surface area contributed by atoms with Crippen molar-refractivity contribution >= 4 is 29.0 Å². The molecule has 3 N–H and O–H groups in total. The number of carbonyl (C=O) groups excluding carboxylic acids is 2. The van der Waals surface area contributed by atoms with Crippen molar-refractivity contribution in [2.24, 2.45) is 0 Å². The highest BCUT2D eigenvalue weighted by molar-refractivity contribution is 6.05. The number of nitrogen functional groups attached to an aromatic ring is 1. The second-order valence-electron chi connectivity index (χ2n) is 10.6. The first-order chi connectivity index (χ1) is 21.0. The van der Waals surface area contributed by atoms with Crippen molar-refractivity contribution in [3.05, 3.63) is 65.4 Å². The fourth-order valence-corrected chi connectivity index (χ4v) is 5.92. The molecule has 10 nitrogen and oxygen atoms in total. The highest BCUT2D eigenvalue weighted by Gasteiger charge is 2.39. The van der Waals surface area contributed by atoms with Crippen LogP contribution < -0.4 is 15.8 Å². The lowest BCUT2D eigenvalue weighted by Crippen LogP contribution is -2.41. The number of alkyl halides is 3. The Kier molecular flexibility index (Phi) is 7.33. The summed E-state index contributed by atoms with van der Waals surface area (Å²) in [6.07, 6.45) is -0.292. The molecule has 4 aromatic rings. The van der Waals surface area contributed by atoms with Gasteiger partial charge in [-0.2, -0.15) is 17.6 Å². The molecule has 2 amide bonds. The molecule has 0 radical (unpaired) electrons. The SMILES string of the molecule is CCOc1cc(C(=O)Nc2cc(C(F)(F)F)ccn2)c(F)cc1-c1nc(C2CCC3CCC(=O)N3C2)n2c(F)cnc(N)c12. The van der Waals surface area contributed by atoms with Crippen molar-refractivity contribution in [2.75, 3.05) is 24.2 Å². The summed E-state index contributed by atoms with van der Waals surface area (Å²) < 4.78 is 77.2. The zero-order valence-corrected chi connectivity index (χ0v) is 23.3. The van der Waals surface area contributed by atoms with Crippen LogP contribution in [-0.4, -0.2) is 55.3 Å². The summed E-state index contributed by atoms with van der Waals surface area (Å²) in [4.78, 5) is 39.6. The number of aromatic nitrogens is 4. The molecule has 0 saturated carbocycles. The van der Waals surface area contributed by atoms with E-state index in [0.29, 0.717) is 31.9 Å². The molecule has 0 spiro atoms. The van der Waals surface area contributed by atoms with Gasteiger partial charge in [-0.3, -0.25) is 14.0 Å². The molecule has 0 bridgehead atoms. The number of hydrogen-bond donors (Lipinski definition) is 2. The number of carbonyl (C=O) groups is 2. The van der Waals surface area contributed by atoms with Gasteiger partial charge >= 0.3 is 6.18 Å². The van der Waals surface area contributed by atoms with E-state index < -0.39 is 40.8 Å². The lowest BCUT2D eigenvalue weighted by atomic mass is 9.92. The molecular weight excluding hydrogens is 589 g/mol. The van der Waals surface area contributed by atoms with Gasteiger partial charge in [0.2, 0.25) is 11.9 Å². The smallest absolute Gasteiger partial charge is 0.416 e. The Morgan fingerprint density at radius 2 is 1.95 bits per heavy atom. The first-order valence-corrected chi connectivity index (χ1v) is 13.9. The summed E-state index contributed by atoms with van der Waals surface area (Å²) in [6.45, 7) is 2.06. The number of rotatable bonds is 6. The Morgan fingerprint density at radius 1 is 1.16 bits per heavy atom. The molecule has 0 aliphatic carbocycles. The van der Waals surface area contributed by atoms with Crippen LogP contribution >= 0.6 is 0 Å². The number of nitrogens with one attached hydrogen (secondary N) is 1. The number of amides is 2. The minimum Gasteiger partial charge on any atom is -0.493 e. The maximum atomic E-state index is 15.6. The van der Waals surface area contributed by atoms with Crippen molar-refractivity contribution < 1.29 is 36.3 Å². The number of nitrogens with zero attached hydrogens (tertiary/aromatic N) is 5. The molecule has 6 rings (SSSR count). The second kappa shape index (κ2) is 11.0. The molecule has 2 unspecified atom stereocenters. The standard InChI is InChI=1S/C29H26F5N7O3/c1-2-44-20-11-17(28(43)38-22-9-15(7-8-36-22)29(32,33)34)19(30)10-18(20)24-25-26(35)37-12-21(31)41(25)27(39-24)14-3-4-16-5-6-23(42)40(16)13-14/h7-12,14,16H,2-6,13H2,1H3,(H2,35,37)(H,36,38,43). The van der Waals surface area contributed by atoms with Gasteiger partial charge in [0, 0.05) is 36.7 Å². The Balaban J connectivity index is 1.42. The number of hydrogen-bond acceptors (Lipinski definition) is 7. The average molecular weight is 616 g/mol. The lowest BCUT2D eigenvalue weighted by molar-refractivity contribution is -0.137. The van der Waals surface area contributed by atoms with Gasteiger partial charge in [-0.25, -0.2) is 19.3 Å². The number of piperidine rings is 1. The molecule has 15 heteroatoms. The summed E-state index contributed by atoms with van der Waals surface area (Å²) >= 11 is 0. The number of anilines is 2. The zero-order valence-electron chi connectivity index (χ0n) is 23.3. The molecule has 3 aromatic heterocycles. The first-order valence-electron chi connectivity index (χ1n) is 13.9. The van der Waals surface area contributed by atoms with Crippen LogP contribution in [-0.2, 0) is 11.0 Å². The molecule has 2 saturated heterocycles. The molecule has 2 aliphatic heterocycles. The maximum Gasteiger partial charge on any atom is 0.416 e. The van der Waals surface area contributed by atoms with Crippen LogP contribution in [0.2, 0.25) is 0 Å². The van der Waals surface area contributed by atoms with Crippen LogP contribution in [0.25, 0.3) is 16.8 Å². The van der Waals surface area contributed by atoms with E-state index in [0.717, 1.165) is 37.0 Å². The minimum absolute atomic E-state index is 0.00954. The number of ether oxygens (including phenoxy) is 1. The van der Waals surface area contributed by atoms with Crippen molar-refractivity contribution in [2.45, 2.75) is 50.7 Å². The second-order valence-corrected chi connectivity index (χ2v) is 10.6. The largest absolute Gasteiger partial charge is 0.493 e. The number of fused-ring (bicyclic) bond motifs is 2. The third-order valence-corrected chi connectivity index (χ3v) is 7.95. The van der Waals surface area contributed by atoms with E-state index >= 15 is 8.78 Å². The van der Waals surface area contributed by atoms with Gasteiger partial charge in [0.1, 0.15) is 40.2 Å². The topological polar surface area (TPSA) is 128 Å². The predicted octanol–water partition coefficient (Wildman–Crippen LogP) is 5.19. The summed E-state index contributed by atoms with van der Waals surface area (Å²) in [5.41, 5.74) is 4.76. The van der Waals surface area contributed by atoms with Gasteiger partial charge in [-0.1, -0.05) is 0 Å². The summed E-state index contributed by atoms with van der Waals surface area (Å²) in [6, 6.07) is 3.54. The lowest BCUT2D eigenvalue weighted by Gasteiger charge is -2.34. The third kappa shape index (κ3) is 5.15. The van der Waals surface area contributed by atoms with E-state index in [1.165, 1.54) is 4.40 Å².